The van der Waals surface area contributed by atoms with Gasteiger partial charge in [0.1, 0.15) is 5.75 Å². The maximum Gasteiger partial charge on any atom is 0.122 e. The van der Waals surface area contributed by atoms with Crippen molar-refractivity contribution in [2.75, 3.05) is 14.2 Å². The molecule has 0 heterocycles. The van der Waals surface area contributed by atoms with E-state index in [-0.39, 0.29) is 6.04 Å². The predicted molar refractivity (Wildman–Crippen MR) is 92.2 cm³/mol. The van der Waals surface area contributed by atoms with Crippen molar-refractivity contribution in [1.29, 1.82) is 0 Å². The molecule has 0 aromatic heterocycles. The summed E-state index contributed by atoms with van der Waals surface area (Å²) in [5.41, 5.74) is 6.17. The Morgan fingerprint density at radius 2 is 1.71 bits per heavy atom. The van der Waals surface area contributed by atoms with Gasteiger partial charge >= 0.3 is 0 Å². The summed E-state index contributed by atoms with van der Waals surface area (Å²) in [6.07, 6.45) is 0. The monoisotopic (exact) mass is 347 g/mol. The van der Waals surface area contributed by atoms with Gasteiger partial charge in [-0.05, 0) is 67.8 Å². The van der Waals surface area contributed by atoms with Gasteiger partial charge in [0.05, 0.1) is 13.2 Å². The van der Waals surface area contributed by atoms with Crippen molar-refractivity contribution in [2.24, 2.45) is 0 Å². The number of nitrogens with one attached hydrogen (secondary N) is 1. The fraction of sp³-hybridized carbons (Fsp3) is 0.333. The summed E-state index contributed by atoms with van der Waals surface area (Å²) in [6, 6.07) is 11.0. The largest absolute Gasteiger partial charge is 0.496 e. The first-order valence-electron chi connectivity index (χ1n) is 7.06. The second-order valence-electron chi connectivity index (χ2n) is 5.41. The zero-order chi connectivity index (χ0) is 15.6. The number of rotatable bonds is 4. The van der Waals surface area contributed by atoms with Crippen molar-refractivity contribution < 1.29 is 4.74 Å². The fourth-order valence-electron chi connectivity index (χ4n) is 2.63. The van der Waals surface area contributed by atoms with Gasteiger partial charge in [-0.25, -0.2) is 0 Å². The van der Waals surface area contributed by atoms with E-state index in [1.54, 1.807) is 7.11 Å². The highest BCUT2D eigenvalue weighted by Crippen LogP contribution is 2.31. The van der Waals surface area contributed by atoms with Crippen LogP contribution in [-0.4, -0.2) is 14.2 Å². The van der Waals surface area contributed by atoms with Crippen LogP contribution in [0, 0.1) is 20.8 Å². The van der Waals surface area contributed by atoms with E-state index in [4.69, 9.17) is 4.74 Å². The summed E-state index contributed by atoms with van der Waals surface area (Å²) >= 11 is 3.62. The number of methoxy groups -OCH3 is 1. The fourth-order valence-corrected chi connectivity index (χ4v) is 3.03. The lowest BCUT2D eigenvalue weighted by Crippen LogP contribution is -2.19. The minimum absolute atomic E-state index is 0.173. The van der Waals surface area contributed by atoms with Gasteiger partial charge < -0.3 is 10.1 Å². The van der Waals surface area contributed by atoms with Crippen molar-refractivity contribution in [3.05, 3.63) is 62.6 Å². The first kappa shape index (κ1) is 16.1. The molecule has 2 rings (SSSR count). The molecule has 0 aliphatic heterocycles. The van der Waals surface area contributed by atoms with E-state index < -0.39 is 0 Å². The van der Waals surface area contributed by atoms with Crippen LogP contribution in [-0.2, 0) is 0 Å². The summed E-state index contributed by atoms with van der Waals surface area (Å²) in [4.78, 5) is 0. The van der Waals surface area contributed by atoms with Gasteiger partial charge in [0.15, 0.2) is 0 Å². The van der Waals surface area contributed by atoms with E-state index in [2.05, 4.69) is 72.3 Å². The quantitative estimate of drug-likeness (QED) is 0.865. The van der Waals surface area contributed by atoms with Crippen LogP contribution in [0.4, 0.5) is 0 Å². The van der Waals surface area contributed by atoms with Gasteiger partial charge in [0, 0.05) is 4.47 Å². The van der Waals surface area contributed by atoms with Gasteiger partial charge in [0.25, 0.3) is 0 Å². The van der Waals surface area contributed by atoms with Crippen LogP contribution < -0.4 is 10.1 Å². The van der Waals surface area contributed by atoms with Gasteiger partial charge in [-0.2, -0.15) is 0 Å². The molecule has 2 aromatic carbocycles. The van der Waals surface area contributed by atoms with Gasteiger partial charge in [-0.15, -0.1) is 0 Å². The number of benzene rings is 2. The Labute approximate surface area is 135 Å². The Morgan fingerprint density at radius 1 is 1.00 bits per heavy atom. The van der Waals surface area contributed by atoms with Crippen molar-refractivity contribution in [3.63, 3.8) is 0 Å². The molecule has 0 aliphatic rings. The third kappa shape index (κ3) is 3.30. The molecule has 0 amide bonds. The van der Waals surface area contributed by atoms with Crippen LogP contribution >= 0.6 is 15.9 Å². The number of ether oxygens (including phenoxy) is 1. The number of hydrogen-bond donors (Lipinski definition) is 1. The van der Waals surface area contributed by atoms with Gasteiger partial charge in [-0.1, -0.05) is 34.1 Å². The molecule has 0 fully saturated rings. The zero-order valence-electron chi connectivity index (χ0n) is 13.3. The summed E-state index contributed by atoms with van der Waals surface area (Å²) < 4.78 is 6.55. The smallest absolute Gasteiger partial charge is 0.122 e. The molecule has 1 atom stereocenters. The maximum absolute atomic E-state index is 5.41. The average molecular weight is 348 g/mol. The van der Waals surface area contributed by atoms with Crippen LogP contribution in [0.5, 0.6) is 5.75 Å². The van der Waals surface area contributed by atoms with Crippen LogP contribution in [0.1, 0.15) is 33.9 Å². The summed E-state index contributed by atoms with van der Waals surface area (Å²) in [6.45, 7) is 6.31. The second-order valence-corrected chi connectivity index (χ2v) is 6.26. The Morgan fingerprint density at radius 3 is 2.29 bits per heavy atom. The first-order valence-corrected chi connectivity index (χ1v) is 7.85. The van der Waals surface area contributed by atoms with Crippen LogP contribution in [0.3, 0.4) is 0 Å². The van der Waals surface area contributed by atoms with Crippen molar-refractivity contribution in [3.8, 4) is 5.75 Å². The summed E-state index contributed by atoms with van der Waals surface area (Å²) in [5.74, 6) is 0.941. The molecular formula is C18H22BrNO. The molecule has 0 spiro atoms. The molecule has 1 unspecified atom stereocenters. The van der Waals surface area contributed by atoms with E-state index in [9.17, 15) is 0 Å². The maximum atomic E-state index is 5.41. The van der Waals surface area contributed by atoms with E-state index in [1.807, 2.05) is 7.05 Å². The van der Waals surface area contributed by atoms with Crippen molar-refractivity contribution in [2.45, 2.75) is 26.8 Å². The second kappa shape index (κ2) is 6.63. The highest BCUT2D eigenvalue weighted by molar-refractivity contribution is 9.10. The van der Waals surface area contributed by atoms with E-state index in [0.29, 0.717) is 0 Å². The molecule has 0 saturated heterocycles. The SMILES string of the molecule is CNC(c1ccc(C)c(Br)c1)c1cc(C)c(OC)cc1C. The highest BCUT2D eigenvalue weighted by atomic mass is 79.9. The molecule has 21 heavy (non-hydrogen) atoms. The Bertz CT molecular complexity index is 652. The minimum Gasteiger partial charge on any atom is -0.496 e. The molecule has 2 nitrogen and oxygen atoms in total. The molecule has 0 aliphatic carbocycles. The predicted octanol–water partition coefficient (Wildman–Crippen LogP) is 4.69. The topological polar surface area (TPSA) is 21.3 Å². The molecule has 1 N–H and O–H groups in total. The Balaban J connectivity index is 2.50. The summed E-state index contributed by atoms with van der Waals surface area (Å²) in [7, 11) is 3.71. The lowest BCUT2D eigenvalue weighted by Gasteiger charge is -2.21. The average Bonchev–Trinajstić information content (AvgIpc) is 2.46. The number of aryl methyl sites for hydroxylation is 3. The number of halogens is 1. The highest BCUT2D eigenvalue weighted by Gasteiger charge is 2.16. The lowest BCUT2D eigenvalue weighted by molar-refractivity contribution is 0.411. The van der Waals surface area contributed by atoms with Crippen molar-refractivity contribution >= 4 is 15.9 Å². The molecule has 3 heteroatoms. The molecule has 0 saturated carbocycles. The normalized spacial score (nSPS) is 12.3. The van der Waals surface area contributed by atoms with Crippen LogP contribution in [0.2, 0.25) is 0 Å². The molecule has 0 radical (unpaired) electrons. The van der Waals surface area contributed by atoms with Gasteiger partial charge in [0.2, 0.25) is 0 Å². The third-order valence-electron chi connectivity index (χ3n) is 3.91. The van der Waals surface area contributed by atoms with Crippen molar-refractivity contribution in [1.82, 2.24) is 5.32 Å². The van der Waals surface area contributed by atoms with E-state index in [0.717, 1.165) is 15.8 Å². The zero-order valence-corrected chi connectivity index (χ0v) is 14.8. The van der Waals surface area contributed by atoms with E-state index >= 15 is 0 Å². The van der Waals surface area contributed by atoms with Gasteiger partial charge in [-0.3, -0.25) is 0 Å². The Hall–Kier alpha value is -1.32. The van der Waals surface area contributed by atoms with Crippen LogP contribution in [0.15, 0.2) is 34.8 Å². The lowest BCUT2D eigenvalue weighted by atomic mass is 9.93. The first-order chi connectivity index (χ1) is 9.97. The Kier molecular flexibility index (Phi) is 5.07. The third-order valence-corrected chi connectivity index (χ3v) is 4.77. The molecule has 112 valence electrons. The minimum atomic E-state index is 0.173. The van der Waals surface area contributed by atoms with E-state index in [1.165, 1.54) is 22.3 Å². The molecular weight excluding hydrogens is 326 g/mol. The number of hydrogen-bond acceptors (Lipinski definition) is 2. The summed E-state index contributed by atoms with van der Waals surface area (Å²) in [5, 5.41) is 3.43. The molecule has 2 aromatic rings. The molecule has 0 bridgehead atoms. The van der Waals surface area contributed by atoms with Crippen LogP contribution in [0.25, 0.3) is 0 Å². The standard InChI is InChI=1S/C18H22BrNO/c1-11-6-7-14(10-16(11)19)18(20-4)15-8-13(3)17(21-5)9-12(15)2/h6-10,18,20H,1-5H3.